The first kappa shape index (κ1) is 11.9. The van der Waals surface area contributed by atoms with Gasteiger partial charge in [-0.15, -0.1) is 0 Å². The molecule has 98 valence electrons. The molecule has 0 aliphatic carbocycles. The fraction of sp³-hybridized carbons (Fsp3) is 0.462. The number of piperidine rings is 1. The first-order valence-electron chi connectivity index (χ1n) is 6.30. The van der Waals surface area contributed by atoms with Crippen molar-refractivity contribution in [3.63, 3.8) is 0 Å². The van der Waals surface area contributed by atoms with E-state index >= 15 is 0 Å². The third kappa shape index (κ3) is 2.02. The Hall–Kier alpha value is -2.13. The smallest absolute Gasteiger partial charge is 0.148 e. The molecule has 1 aliphatic heterocycles. The number of nitriles is 1. The normalized spacial score (nSPS) is 23.5. The molecule has 0 aromatic carbocycles. The average Bonchev–Trinajstić information content (AvgIpc) is 2.84. The fourth-order valence-electron chi connectivity index (χ4n) is 2.64. The number of nitrogens with zero attached hydrogens (tertiary/aromatic N) is 4. The number of hydrogen-bond donors (Lipinski definition) is 2. The van der Waals surface area contributed by atoms with Crippen LogP contribution in [0.2, 0.25) is 0 Å². The first-order valence-corrected chi connectivity index (χ1v) is 6.30. The van der Waals surface area contributed by atoms with Gasteiger partial charge in [-0.05, 0) is 19.8 Å². The maximum atomic E-state index is 10.2. The van der Waals surface area contributed by atoms with E-state index in [1.807, 2.05) is 11.8 Å². The Labute approximate surface area is 110 Å². The lowest BCUT2D eigenvalue weighted by molar-refractivity contribution is 0.0447. The molecule has 2 aromatic rings. The molecule has 0 spiro atoms. The third-order valence-corrected chi connectivity index (χ3v) is 3.53. The molecule has 1 aliphatic rings. The molecule has 3 rings (SSSR count). The van der Waals surface area contributed by atoms with E-state index in [1.165, 1.54) is 0 Å². The van der Waals surface area contributed by atoms with E-state index in [-0.39, 0.29) is 0 Å². The van der Waals surface area contributed by atoms with E-state index in [0.717, 1.165) is 24.9 Å². The Balaban J connectivity index is 2.07. The zero-order valence-electron chi connectivity index (χ0n) is 10.7. The van der Waals surface area contributed by atoms with Crippen LogP contribution in [0.4, 0.5) is 5.82 Å². The number of imidazole rings is 1. The van der Waals surface area contributed by atoms with Crippen molar-refractivity contribution in [2.45, 2.75) is 25.4 Å². The number of pyridine rings is 1. The minimum Gasteiger partial charge on any atom is -0.388 e. The van der Waals surface area contributed by atoms with Crippen molar-refractivity contribution in [1.29, 1.82) is 5.26 Å². The fourth-order valence-corrected chi connectivity index (χ4v) is 2.64. The summed E-state index contributed by atoms with van der Waals surface area (Å²) >= 11 is 0. The topological polar surface area (TPSA) is 88.8 Å². The number of hydrogen-bond acceptors (Lipinski definition) is 5. The predicted octanol–water partition coefficient (Wildman–Crippen LogP) is 1.18. The summed E-state index contributed by atoms with van der Waals surface area (Å²) < 4.78 is 0. The molecule has 1 unspecified atom stereocenters. The van der Waals surface area contributed by atoms with Gasteiger partial charge in [0.15, 0.2) is 0 Å². The number of aliphatic hydroxyl groups is 1. The van der Waals surface area contributed by atoms with Crippen molar-refractivity contribution in [3.05, 3.63) is 18.1 Å². The van der Waals surface area contributed by atoms with E-state index in [0.29, 0.717) is 23.4 Å². The minimum absolute atomic E-state index is 0.469. The third-order valence-electron chi connectivity index (χ3n) is 3.53. The molecule has 0 amide bonds. The van der Waals surface area contributed by atoms with Crippen molar-refractivity contribution >= 4 is 16.9 Å². The maximum Gasteiger partial charge on any atom is 0.148 e. The van der Waals surface area contributed by atoms with Crippen LogP contribution in [0.3, 0.4) is 0 Å². The molecule has 1 atom stereocenters. The van der Waals surface area contributed by atoms with Gasteiger partial charge in [0.2, 0.25) is 0 Å². The molecule has 19 heavy (non-hydrogen) atoms. The lowest BCUT2D eigenvalue weighted by Crippen LogP contribution is -2.46. The van der Waals surface area contributed by atoms with Gasteiger partial charge >= 0.3 is 0 Å². The van der Waals surface area contributed by atoms with Crippen LogP contribution < -0.4 is 4.90 Å². The number of aromatic nitrogens is 3. The molecule has 0 radical (unpaired) electrons. The summed E-state index contributed by atoms with van der Waals surface area (Å²) in [6, 6.07) is 2.18. The molecule has 1 fully saturated rings. The van der Waals surface area contributed by atoms with Gasteiger partial charge in [0, 0.05) is 13.1 Å². The average molecular weight is 257 g/mol. The maximum absolute atomic E-state index is 10.2. The van der Waals surface area contributed by atoms with Crippen molar-refractivity contribution in [3.8, 4) is 6.07 Å². The summed E-state index contributed by atoms with van der Waals surface area (Å²) in [5, 5.41) is 19.5. The molecule has 2 N–H and O–H groups in total. The van der Waals surface area contributed by atoms with E-state index in [4.69, 9.17) is 0 Å². The summed E-state index contributed by atoms with van der Waals surface area (Å²) in [6.07, 6.45) is 4.90. The summed E-state index contributed by atoms with van der Waals surface area (Å²) in [5.74, 6) is 0.613. The summed E-state index contributed by atoms with van der Waals surface area (Å²) in [6.45, 7) is 3.11. The Morgan fingerprint density at radius 1 is 1.53 bits per heavy atom. The summed E-state index contributed by atoms with van der Waals surface area (Å²) in [4.78, 5) is 13.5. The van der Waals surface area contributed by atoms with Crippen LogP contribution in [0.25, 0.3) is 11.0 Å². The Morgan fingerprint density at radius 3 is 3.11 bits per heavy atom. The van der Waals surface area contributed by atoms with Gasteiger partial charge in [0.1, 0.15) is 23.0 Å². The number of rotatable bonds is 1. The Morgan fingerprint density at radius 2 is 2.37 bits per heavy atom. The van der Waals surface area contributed by atoms with Crippen molar-refractivity contribution in [1.82, 2.24) is 15.0 Å². The lowest BCUT2D eigenvalue weighted by Gasteiger charge is -2.37. The van der Waals surface area contributed by atoms with Gasteiger partial charge in [-0.1, -0.05) is 0 Å². The molecule has 0 bridgehead atoms. The van der Waals surface area contributed by atoms with E-state index in [1.54, 1.807) is 12.5 Å². The molecule has 0 saturated carbocycles. The number of fused-ring (bicyclic) bond motifs is 1. The Bertz CT molecular complexity index is 655. The van der Waals surface area contributed by atoms with E-state index < -0.39 is 5.60 Å². The van der Waals surface area contributed by atoms with Crippen LogP contribution in [-0.4, -0.2) is 38.7 Å². The highest BCUT2D eigenvalue weighted by atomic mass is 16.3. The molecule has 6 nitrogen and oxygen atoms in total. The number of H-pyrrole nitrogens is 1. The van der Waals surface area contributed by atoms with Crippen molar-refractivity contribution < 1.29 is 5.11 Å². The number of aromatic amines is 1. The Kier molecular flexibility index (Phi) is 2.64. The van der Waals surface area contributed by atoms with Crippen LogP contribution in [0.1, 0.15) is 25.3 Å². The van der Waals surface area contributed by atoms with Crippen molar-refractivity contribution in [2.75, 3.05) is 18.0 Å². The number of anilines is 1. The van der Waals surface area contributed by atoms with Gasteiger partial charge in [-0.2, -0.15) is 5.26 Å². The van der Waals surface area contributed by atoms with Crippen molar-refractivity contribution in [2.24, 2.45) is 0 Å². The van der Waals surface area contributed by atoms with Crippen LogP contribution in [-0.2, 0) is 0 Å². The SMILES string of the molecule is CC1(O)CCCN(c2ncc3[nH]cnc3c2C#N)C1. The molecule has 2 aromatic heterocycles. The highest BCUT2D eigenvalue weighted by Crippen LogP contribution is 2.29. The summed E-state index contributed by atoms with van der Waals surface area (Å²) in [7, 11) is 0. The predicted molar refractivity (Wildman–Crippen MR) is 70.7 cm³/mol. The molecule has 6 heteroatoms. The van der Waals surface area contributed by atoms with E-state index in [2.05, 4.69) is 21.0 Å². The van der Waals surface area contributed by atoms with E-state index in [9.17, 15) is 10.4 Å². The van der Waals surface area contributed by atoms with Crippen LogP contribution in [0.15, 0.2) is 12.5 Å². The highest BCUT2D eigenvalue weighted by molar-refractivity contribution is 5.85. The molecule has 3 heterocycles. The standard InChI is InChI=1S/C13H15N5O/c1-13(19)3-2-4-18(7-13)12-9(5-14)11-10(6-15-12)16-8-17-11/h6,8,19H,2-4,7H2,1H3,(H,16,17). The van der Waals surface area contributed by atoms with Gasteiger partial charge < -0.3 is 15.0 Å². The number of nitrogens with one attached hydrogen (secondary N) is 1. The molecular weight excluding hydrogens is 242 g/mol. The van der Waals surface area contributed by atoms with Gasteiger partial charge in [0.25, 0.3) is 0 Å². The highest BCUT2D eigenvalue weighted by Gasteiger charge is 2.30. The summed E-state index contributed by atoms with van der Waals surface area (Å²) in [5.41, 5.74) is 1.13. The van der Waals surface area contributed by atoms with Gasteiger partial charge in [-0.3, -0.25) is 0 Å². The molecular formula is C13H15N5O. The van der Waals surface area contributed by atoms with Crippen LogP contribution >= 0.6 is 0 Å². The minimum atomic E-state index is -0.729. The second kappa shape index (κ2) is 4.21. The second-order valence-electron chi connectivity index (χ2n) is 5.26. The molecule has 1 saturated heterocycles. The van der Waals surface area contributed by atoms with Gasteiger partial charge in [-0.25, -0.2) is 9.97 Å². The quantitative estimate of drug-likeness (QED) is 0.800. The largest absolute Gasteiger partial charge is 0.388 e. The second-order valence-corrected chi connectivity index (χ2v) is 5.26. The monoisotopic (exact) mass is 257 g/mol. The number of β-amino-alcohol motifs (C(OH)–C–C–N with tert-alkyl or cyclic N) is 1. The van der Waals surface area contributed by atoms with Gasteiger partial charge in [0.05, 0.1) is 23.6 Å². The van der Waals surface area contributed by atoms with Crippen LogP contribution in [0.5, 0.6) is 0 Å². The zero-order valence-corrected chi connectivity index (χ0v) is 10.7. The first-order chi connectivity index (χ1) is 9.11. The lowest BCUT2D eigenvalue weighted by atomic mass is 9.95. The van der Waals surface area contributed by atoms with Crippen LogP contribution in [0, 0.1) is 11.3 Å². The zero-order chi connectivity index (χ0) is 13.5.